The van der Waals surface area contributed by atoms with Gasteiger partial charge in [0.15, 0.2) is 0 Å². The van der Waals surface area contributed by atoms with Crippen LogP contribution in [-0.4, -0.2) is 76.7 Å². The summed E-state index contributed by atoms with van der Waals surface area (Å²) in [5.74, 6) is 0.306. The summed E-state index contributed by atoms with van der Waals surface area (Å²) in [4.78, 5) is 33.3. The van der Waals surface area contributed by atoms with Gasteiger partial charge >= 0.3 is 6.03 Å². The molecule has 0 bridgehead atoms. The number of nitrogens with zero attached hydrogens (tertiary/aromatic N) is 4. The van der Waals surface area contributed by atoms with Crippen LogP contribution < -0.4 is 5.32 Å². The van der Waals surface area contributed by atoms with Gasteiger partial charge in [-0.25, -0.2) is 4.79 Å². The van der Waals surface area contributed by atoms with Crippen LogP contribution in [0.1, 0.15) is 12.5 Å². The van der Waals surface area contributed by atoms with Crippen LogP contribution in [0.3, 0.4) is 0 Å². The summed E-state index contributed by atoms with van der Waals surface area (Å²) in [5, 5.41) is 3.54. The molecule has 144 valence electrons. The first-order valence-corrected chi connectivity index (χ1v) is 9.50. The lowest BCUT2D eigenvalue weighted by Gasteiger charge is -2.45. The number of rotatable bonds is 4. The maximum absolute atomic E-state index is 13.1. The second-order valence-electron chi connectivity index (χ2n) is 7.78. The highest BCUT2D eigenvalue weighted by Gasteiger charge is 2.56. The fourth-order valence-electron chi connectivity index (χ4n) is 4.55. The summed E-state index contributed by atoms with van der Waals surface area (Å²) in [6.07, 6.45) is 1.24. The molecule has 1 aromatic rings. The number of imide groups is 1. The number of amides is 3. The van der Waals surface area contributed by atoms with Crippen LogP contribution >= 0.6 is 0 Å². The van der Waals surface area contributed by atoms with Gasteiger partial charge < -0.3 is 4.90 Å². The van der Waals surface area contributed by atoms with E-state index in [2.05, 4.69) is 40.8 Å². The van der Waals surface area contributed by atoms with Gasteiger partial charge in [0.1, 0.15) is 18.5 Å². The lowest BCUT2D eigenvalue weighted by atomic mass is 10.0. The molecule has 0 spiro atoms. The molecule has 3 fully saturated rings. The topological polar surface area (TPSA) is 59.1 Å². The molecule has 0 saturated carbocycles. The molecule has 1 N–H and O–H groups in total. The number of benzene rings is 1. The summed E-state index contributed by atoms with van der Waals surface area (Å²) < 4.78 is 0. The van der Waals surface area contributed by atoms with Crippen molar-refractivity contribution >= 4 is 11.9 Å². The van der Waals surface area contributed by atoms with E-state index in [9.17, 15) is 9.59 Å². The predicted molar refractivity (Wildman–Crippen MR) is 102 cm³/mol. The van der Waals surface area contributed by atoms with Crippen LogP contribution in [0.2, 0.25) is 0 Å². The van der Waals surface area contributed by atoms with Gasteiger partial charge in [0.25, 0.3) is 5.91 Å². The second-order valence-corrected chi connectivity index (χ2v) is 7.78. The largest absolute Gasteiger partial charge is 0.328 e. The monoisotopic (exact) mass is 369 g/mol. The van der Waals surface area contributed by atoms with Crippen molar-refractivity contribution in [2.75, 3.05) is 26.7 Å². The zero-order valence-corrected chi connectivity index (χ0v) is 15.9. The van der Waals surface area contributed by atoms with Crippen LogP contribution in [0.25, 0.3) is 0 Å². The minimum atomic E-state index is -0.362. The van der Waals surface area contributed by atoms with Crippen LogP contribution in [0, 0.1) is 5.92 Å². The van der Waals surface area contributed by atoms with Gasteiger partial charge in [-0.2, -0.15) is 0 Å². The highest BCUT2D eigenvalue weighted by molar-refractivity contribution is 6.00. The fraction of sp³-hybridized carbons (Fsp3) is 0.500. The van der Waals surface area contributed by atoms with Gasteiger partial charge in [0, 0.05) is 33.2 Å². The van der Waals surface area contributed by atoms with Crippen LogP contribution in [-0.2, 0) is 11.3 Å². The Kier molecular flexibility index (Phi) is 4.75. The predicted octanol–water partition coefficient (Wildman–Crippen LogP) is 1.10. The minimum Gasteiger partial charge on any atom is -0.310 e. The summed E-state index contributed by atoms with van der Waals surface area (Å²) in [7, 11) is 1.76. The minimum absolute atomic E-state index is 0.0562. The first-order valence-electron chi connectivity index (χ1n) is 9.50. The Balaban J connectivity index is 1.62. The van der Waals surface area contributed by atoms with Gasteiger partial charge in [0.05, 0.1) is 0 Å². The molecule has 4 rings (SSSR count). The first-order chi connectivity index (χ1) is 13.0. The van der Waals surface area contributed by atoms with E-state index in [1.165, 1.54) is 10.5 Å². The third-order valence-corrected chi connectivity index (χ3v) is 5.71. The van der Waals surface area contributed by atoms with E-state index >= 15 is 0 Å². The second kappa shape index (κ2) is 7.07. The standard InChI is InChI=1S/C20H27N5O2/c1-4-10-24-18(26)16-17(22(3)20(24)27)21-19-23(11-14(2)12-25(16)19)13-15-8-6-5-7-9-15/h4-9,14,16-17,19,21H,1,10-13H2,2-3H3. The van der Waals surface area contributed by atoms with Gasteiger partial charge in [-0.1, -0.05) is 43.3 Å². The Morgan fingerprint density at radius 2 is 1.96 bits per heavy atom. The van der Waals surface area contributed by atoms with Crippen LogP contribution in [0.5, 0.6) is 0 Å². The van der Waals surface area contributed by atoms with E-state index in [-0.39, 0.29) is 37.0 Å². The molecular formula is C20H27N5O2. The average Bonchev–Trinajstić information content (AvgIpc) is 3.04. The molecule has 4 unspecified atom stereocenters. The summed E-state index contributed by atoms with van der Waals surface area (Å²) in [5.41, 5.74) is 1.24. The lowest BCUT2D eigenvalue weighted by molar-refractivity contribution is -0.140. The van der Waals surface area contributed by atoms with Crippen LogP contribution in [0.15, 0.2) is 43.0 Å². The van der Waals surface area contributed by atoms with Crippen LogP contribution in [0.4, 0.5) is 4.79 Å². The average molecular weight is 369 g/mol. The fourth-order valence-corrected chi connectivity index (χ4v) is 4.55. The van der Waals surface area contributed by atoms with Crippen molar-refractivity contribution < 1.29 is 9.59 Å². The molecule has 27 heavy (non-hydrogen) atoms. The highest BCUT2D eigenvalue weighted by Crippen LogP contribution is 2.32. The Bertz CT molecular complexity index is 739. The molecule has 7 nitrogen and oxygen atoms in total. The maximum atomic E-state index is 13.1. The van der Waals surface area contributed by atoms with E-state index in [4.69, 9.17) is 0 Å². The molecule has 4 atom stereocenters. The Hall–Kier alpha value is -2.22. The summed E-state index contributed by atoms with van der Waals surface area (Å²) >= 11 is 0. The normalized spacial score (nSPS) is 31.8. The maximum Gasteiger partial charge on any atom is 0.328 e. The molecule has 3 heterocycles. The number of fused-ring (bicyclic) bond motifs is 3. The first kappa shape index (κ1) is 18.2. The zero-order valence-electron chi connectivity index (χ0n) is 15.9. The van der Waals surface area contributed by atoms with Gasteiger partial charge in [-0.15, -0.1) is 6.58 Å². The number of urea groups is 1. The van der Waals surface area contributed by atoms with Crippen molar-refractivity contribution in [2.45, 2.75) is 32.0 Å². The molecule has 0 radical (unpaired) electrons. The van der Waals surface area contributed by atoms with Crippen molar-refractivity contribution in [1.82, 2.24) is 24.9 Å². The number of hydrogen-bond donors (Lipinski definition) is 1. The molecule has 7 heteroatoms. The number of carbonyl (C=O) groups excluding carboxylic acids is 2. The zero-order chi connectivity index (χ0) is 19.1. The Labute approximate surface area is 160 Å². The quantitative estimate of drug-likeness (QED) is 0.806. The van der Waals surface area contributed by atoms with Crippen molar-refractivity contribution in [2.24, 2.45) is 5.92 Å². The third kappa shape index (κ3) is 3.05. The SMILES string of the molecule is C=CCN1C(=O)C2C(NC3N(Cc4ccccc4)CC(C)CN23)N(C)C1=O. The molecule has 0 aromatic heterocycles. The molecule has 3 saturated heterocycles. The van der Waals surface area contributed by atoms with Gasteiger partial charge in [0.2, 0.25) is 0 Å². The molecule has 3 aliphatic heterocycles. The van der Waals surface area contributed by atoms with E-state index in [1.54, 1.807) is 18.0 Å². The van der Waals surface area contributed by atoms with Crippen molar-refractivity contribution in [1.29, 1.82) is 0 Å². The molecule has 3 amide bonds. The molecule has 1 aromatic carbocycles. The lowest BCUT2D eigenvalue weighted by Crippen LogP contribution is -2.66. The van der Waals surface area contributed by atoms with Crippen molar-refractivity contribution in [3.8, 4) is 0 Å². The number of hydrogen-bond acceptors (Lipinski definition) is 5. The highest BCUT2D eigenvalue weighted by atomic mass is 16.2. The van der Waals surface area contributed by atoms with Crippen molar-refractivity contribution in [3.05, 3.63) is 48.6 Å². The number of likely N-dealkylation sites (N-methyl/N-ethyl adjacent to an activating group) is 1. The smallest absolute Gasteiger partial charge is 0.310 e. The molecule has 3 aliphatic rings. The van der Waals surface area contributed by atoms with E-state index in [0.29, 0.717) is 5.92 Å². The molecule has 0 aliphatic carbocycles. The van der Waals surface area contributed by atoms with E-state index < -0.39 is 0 Å². The summed E-state index contributed by atoms with van der Waals surface area (Å²) in [6, 6.07) is 9.73. The molecular weight excluding hydrogens is 342 g/mol. The van der Waals surface area contributed by atoms with Crippen molar-refractivity contribution in [3.63, 3.8) is 0 Å². The number of nitrogens with one attached hydrogen (secondary N) is 1. The Morgan fingerprint density at radius 1 is 1.22 bits per heavy atom. The summed E-state index contributed by atoms with van der Waals surface area (Å²) in [6.45, 7) is 8.73. The Morgan fingerprint density at radius 3 is 2.67 bits per heavy atom. The van der Waals surface area contributed by atoms with E-state index in [0.717, 1.165) is 19.6 Å². The number of carbonyl (C=O) groups is 2. The third-order valence-electron chi connectivity index (χ3n) is 5.71. The van der Waals surface area contributed by atoms with Gasteiger partial charge in [-0.3, -0.25) is 24.8 Å². The van der Waals surface area contributed by atoms with E-state index in [1.807, 2.05) is 18.2 Å². The van der Waals surface area contributed by atoms with Gasteiger partial charge in [-0.05, 0) is 11.5 Å².